The Morgan fingerprint density at radius 2 is 1.65 bits per heavy atom. The molecule has 1 aromatic rings. The highest BCUT2D eigenvalue weighted by Crippen LogP contribution is 2.58. The fraction of sp³-hybridized carbons (Fsp3) is 0.667. The minimum atomic E-state index is 0.673. The van der Waals surface area contributed by atoms with Crippen LogP contribution in [0.5, 0.6) is 0 Å². The maximum absolute atomic E-state index is 4.08. The fourth-order valence-corrected chi connectivity index (χ4v) is 7.27. The largest absolute Gasteiger partial charge is 0.0884 e. The highest BCUT2D eigenvalue weighted by atomic mass is 79.9. The normalized spacial score (nSPS) is 40.0. The summed E-state index contributed by atoms with van der Waals surface area (Å²) in [6.45, 7) is 0. The maximum Gasteiger partial charge on any atom is 0.0219 e. The molecule has 1 atom stereocenters. The average molecular weight is 398 g/mol. The summed E-state index contributed by atoms with van der Waals surface area (Å²) in [7, 11) is 0. The second kappa shape index (κ2) is 5.43. The van der Waals surface area contributed by atoms with Crippen LogP contribution in [0, 0.1) is 29.6 Å². The summed E-state index contributed by atoms with van der Waals surface area (Å²) in [6, 6.07) is 8.84. The quantitative estimate of drug-likeness (QED) is 0.563. The number of hydrogen-bond donors (Lipinski definition) is 0. The van der Waals surface area contributed by atoms with Crippen molar-refractivity contribution in [3.05, 3.63) is 34.3 Å². The van der Waals surface area contributed by atoms with Gasteiger partial charge in [0.05, 0.1) is 0 Å². The zero-order valence-corrected chi connectivity index (χ0v) is 14.9. The van der Waals surface area contributed by atoms with Gasteiger partial charge in [0, 0.05) is 9.30 Å². The van der Waals surface area contributed by atoms with Gasteiger partial charge in [-0.15, -0.1) is 0 Å². The minimum Gasteiger partial charge on any atom is -0.0884 e. The van der Waals surface area contributed by atoms with Gasteiger partial charge in [-0.25, -0.2) is 0 Å². The van der Waals surface area contributed by atoms with Gasteiger partial charge in [0.2, 0.25) is 0 Å². The number of benzene rings is 1. The SMILES string of the molecule is Brc1cccc(CC(Br)C2C3CC4CC(C3)CC2C4)c1. The van der Waals surface area contributed by atoms with E-state index in [1.807, 2.05) is 0 Å². The van der Waals surface area contributed by atoms with Crippen LogP contribution in [-0.4, -0.2) is 4.83 Å². The van der Waals surface area contributed by atoms with Gasteiger partial charge >= 0.3 is 0 Å². The van der Waals surface area contributed by atoms with Crippen LogP contribution in [-0.2, 0) is 6.42 Å². The molecule has 0 radical (unpaired) electrons. The average Bonchev–Trinajstić information content (AvgIpc) is 2.37. The van der Waals surface area contributed by atoms with E-state index in [0.717, 1.165) is 29.6 Å². The Labute approximate surface area is 139 Å². The first kappa shape index (κ1) is 13.8. The first-order chi connectivity index (χ1) is 9.69. The molecule has 2 heteroatoms. The highest BCUT2D eigenvalue weighted by Gasteiger charge is 2.49. The van der Waals surface area contributed by atoms with Gasteiger partial charge in [0.25, 0.3) is 0 Å². The lowest BCUT2D eigenvalue weighted by Crippen LogP contribution is -2.48. The summed E-state index contributed by atoms with van der Waals surface area (Å²) < 4.78 is 1.21. The summed E-state index contributed by atoms with van der Waals surface area (Å²) in [6.07, 6.45) is 8.84. The van der Waals surface area contributed by atoms with Crippen molar-refractivity contribution in [2.75, 3.05) is 0 Å². The van der Waals surface area contributed by atoms with Crippen LogP contribution in [0.2, 0.25) is 0 Å². The standard InChI is InChI=1S/C18H22Br2/c19-16-3-1-2-11(9-16)10-17(20)18-14-5-12-4-13(7-14)8-15(18)6-12/h1-3,9,12-15,17-18H,4-8,10H2. The number of rotatable bonds is 3. The van der Waals surface area contributed by atoms with Gasteiger partial charge in [0.15, 0.2) is 0 Å². The second-order valence-corrected chi connectivity index (χ2v) is 9.45. The summed E-state index contributed by atoms with van der Waals surface area (Å²) in [4.78, 5) is 0.673. The molecule has 108 valence electrons. The van der Waals surface area contributed by atoms with Crippen LogP contribution in [0.3, 0.4) is 0 Å². The molecule has 0 aromatic heterocycles. The molecule has 1 aromatic carbocycles. The first-order valence-electron chi connectivity index (χ1n) is 8.07. The molecule has 4 aliphatic rings. The van der Waals surface area contributed by atoms with Crippen molar-refractivity contribution >= 4 is 31.9 Å². The van der Waals surface area contributed by atoms with Gasteiger partial charge in [-0.2, -0.15) is 0 Å². The van der Waals surface area contributed by atoms with Crippen molar-refractivity contribution < 1.29 is 0 Å². The Hall–Kier alpha value is 0.180. The Morgan fingerprint density at radius 3 is 2.25 bits per heavy atom. The monoisotopic (exact) mass is 396 g/mol. The molecule has 0 aliphatic heterocycles. The lowest BCUT2D eigenvalue weighted by Gasteiger charge is -2.55. The van der Waals surface area contributed by atoms with Crippen molar-refractivity contribution in [3.63, 3.8) is 0 Å². The third kappa shape index (κ3) is 2.52. The zero-order chi connectivity index (χ0) is 13.7. The zero-order valence-electron chi connectivity index (χ0n) is 11.8. The van der Waals surface area contributed by atoms with E-state index in [0.29, 0.717) is 4.83 Å². The molecule has 0 N–H and O–H groups in total. The molecule has 4 bridgehead atoms. The molecule has 20 heavy (non-hydrogen) atoms. The van der Waals surface area contributed by atoms with Crippen LogP contribution in [0.1, 0.15) is 37.7 Å². The van der Waals surface area contributed by atoms with Gasteiger partial charge < -0.3 is 0 Å². The second-order valence-electron chi connectivity index (χ2n) is 7.36. The molecule has 1 unspecified atom stereocenters. The molecule has 0 saturated heterocycles. The van der Waals surface area contributed by atoms with Crippen LogP contribution >= 0.6 is 31.9 Å². The molecular formula is C18H22Br2. The molecule has 4 fully saturated rings. The maximum atomic E-state index is 4.08. The molecule has 4 saturated carbocycles. The van der Waals surface area contributed by atoms with E-state index in [2.05, 4.69) is 56.1 Å². The number of halogens is 2. The van der Waals surface area contributed by atoms with Gasteiger partial charge in [-0.3, -0.25) is 0 Å². The molecule has 0 amide bonds. The van der Waals surface area contributed by atoms with Crippen LogP contribution in [0.15, 0.2) is 28.7 Å². The predicted octanol–water partition coefficient (Wildman–Crippen LogP) is 5.83. The first-order valence-corrected chi connectivity index (χ1v) is 9.78. The van der Waals surface area contributed by atoms with Crippen LogP contribution < -0.4 is 0 Å². The summed E-state index contributed by atoms with van der Waals surface area (Å²) in [5.41, 5.74) is 1.47. The highest BCUT2D eigenvalue weighted by molar-refractivity contribution is 9.10. The summed E-state index contributed by atoms with van der Waals surface area (Å²) in [5.74, 6) is 5.13. The lowest BCUT2D eigenvalue weighted by atomic mass is 9.51. The van der Waals surface area contributed by atoms with E-state index in [1.165, 1.54) is 42.1 Å². The molecule has 0 nitrogen and oxygen atoms in total. The molecule has 5 rings (SSSR count). The van der Waals surface area contributed by atoms with E-state index < -0.39 is 0 Å². The van der Waals surface area contributed by atoms with Crippen molar-refractivity contribution in [1.29, 1.82) is 0 Å². The van der Waals surface area contributed by atoms with E-state index in [4.69, 9.17) is 0 Å². The third-order valence-electron chi connectivity index (χ3n) is 6.04. The third-order valence-corrected chi connectivity index (χ3v) is 7.46. The summed E-state index contributed by atoms with van der Waals surface area (Å²) in [5, 5.41) is 0. The minimum absolute atomic E-state index is 0.673. The van der Waals surface area contributed by atoms with Gasteiger partial charge in [-0.1, -0.05) is 44.0 Å². The number of alkyl halides is 1. The van der Waals surface area contributed by atoms with Gasteiger partial charge in [-0.05, 0) is 85.8 Å². The van der Waals surface area contributed by atoms with E-state index in [1.54, 1.807) is 6.42 Å². The van der Waals surface area contributed by atoms with E-state index in [9.17, 15) is 0 Å². The topological polar surface area (TPSA) is 0 Å². The molecule has 4 aliphatic carbocycles. The Kier molecular flexibility index (Phi) is 3.75. The van der Waals surface area contributed by atoms with Gasteiger partial charge in [0.1, 0.15) is 0 Å². The smallest absolute Gasteiger partial charge is 0.0219 e. The van der Waals surface area contributed by atoms with E-state index >= 15 is 0 Å². The molecule has 0 heterocycles. The van der Waals surface area contributed by atoms with Crippen LogP contribution in [0.4, 0.5) is 0 Å². The van der Waals surface area contributed by atoms with Crippen molar-refractivity contribution in [2.45, 2.75) is 43.4 Å². The van der Waals surface area contributed by atoms with Crippen molar-refractivity contribution in [3.8, 4) is 0 Å². The Bertz CT molecular complexity index is 468. The van der Waals surface area contributed by atoms with Crippen molar-refractivity contribution in [1.82, 2.24) is 0 Å². The van der Waals surface area contributed by atoms with Crippen LogP contribution in [0.25, 0.3) is 0 Å². The molecule has 0 spiro atoms. The Morgan fingerprint density at radius 1 is 1.00 bits per heavy atom. The Balaban J connectivity index is 1.50. The fourth-order valence-electron chi connectivity index (χ4n) is 5.58. The molecular weight excluding hydrogens is 376 g/mol. The number of hydrogen-bond acceptors (Lipinski definition) is 0. The van der Waals surface area contributed by atoms with Crippen molar-refractivity contribution in [2.24, 2.45) is 29.6 Å². The summed E-state index contributed by atoms with van der Waals surface area (Å²) >= 11 is 7.67. The lowest BCUT2D eigenvalue weighted by molar-refractivity contribution is -0.0360. The predicted molar refractivity (Wildman–Crippen MR) is 91.1 cm³/mol. The van der Waals surface area contributed by atoms with E-state index in [-0.39, 0.29) is 0 Å².